The molecule has 1 fully saturated rings. The van der Waals surface area contributed by atoms with Gasteiger partial charge in [-0.1, -0.05) is 12.1 Å². The largest absolute Gasteiger partial charge is 0.573 e. The van der Waals surface area contributed by atoms with Crippen molar-refractivity contribution in [2.75, 3.05) is 0 Å². The highest BCUT2D eigenvalue weighted by molar-refractivity contribution is 5.38. The Kier molecular flexibility index (Phi) is 2.81. The Labute approximate surface area is 97.0 Å². The van der Waals surface area contributed by atoms with E-state index < -0.39 is 12.5 Å². The molecule has 0 heterocycles. The van der Waals surface area contributed by atoms with Crippen LogP contribution in [0.25, 0.3) is 0 Å². The summed E-state index contributed by atoms with van der Waals surface area (Å²) in [5, 5.41) is 9.66. The van der Waals surface area contributed by atoms with Gasteiger partial charge in [-0.15, -0.1) is 13.2 Å². The lowest BCUT2D eigenvalue weighted by Gasteiger charge is -2.20. The molecule has 1 aromatic carbocycles. The van der Waals surface area contributed by atoms with Crippen molar-refractivity contribution in [2.24, 2.45) is 0 Å². The minimum Gasteiger partial charge on any atom is -0.406 e. The van der Waals surface area contributed by atoms with Crippen molar-refractivity contribution in [3.05, 3.63) is 29.8 Å². The van der Waals surface area contributed by atoms with E-state index in [1.807, 2.05) is 0 Å². The number of benzene rings is 1. The molecule has 0 amide bonds. The van der Waals surface area contributed by atoms with Crippen LogP contribution in [-0.2, 0) is 5.41 Å². The van der Waals surface area contributed by atoms with E-state index in [-0.39, 0.29) is 11.2 Å². The van der Waals surface area contributed by atoms with Crippen molar-refractivity contribution in [1.29, 1.82) is 0 Å². The summed E-state index contributed by atoms with van der Waals surface area (Å²) < 4.78 is 40.1. The molecule has 1 aliphatic carbocycles. The predicted molar refractivity (Wildman–Crippen MR) is 55.7 cm³/mol. The molecular weight excluding hydrogens is 233 g/mol. The van der Waals surface area contributed by atoms with E-state index >= 15 is 0 Å². The zero-order valence-electron chi connectivity index (χ0n) is 9.29. The molecule has 1 unspecified atom stereocenters. The first-order valence-corrected chi connectivity index (χ1v) is 5.38. The van der Waals surface area contributed by atoms with E-state index in [9.17, 15) is 18.3 Å². The summed E-state index contributed by atoms with van der Waals surface area (Å²) in [7, 11) is 0. The Bertz CT molecular complexity index is 408. The van der Waals surface area contributed by atoms with Gasteiger partial charge in [-0.25, -0.2) is 0 Å². The number of aliphatic hydroxyl groups is 1. The van der Waals surface area contributed by atoms with Crippen LogP contribution < -0.4 is 4.74 Å². The lowest BCUT2D eigenvalue weighted by Crippen LogP contribution is -2.23. The first-order chi connectivity index (χ1) is 7.83. The number of hydrogen-bond donors (Lipinski definition) is 1. The van der Waals surface area contributed by atoms with Gasteiger partial charge in [0.1, 0.15) is 5.75 Å². The Morgan fingerprint density at radius 2 is 2.00 bits per heavy atom. The van der Waals surface area contributed by atoms with Crippen LogP contribution in [0.1, 0.15) is 25.3 Å². The second-order valence-electron chi connectivity index (χ2n) is 4.41. The number of hydrogen-bond acceptors (Lipinski definition) is 2. The Morgan fingerprint density at radius 3 is 2.47 bits per heavy atom. The van der Waals surface area contributed by atoms with Gasteiger partial charge in [-0.3, -0.25) is 0 Å². The van der Waals surface area contributed by atoms with Crippen LogP contribution in [-0.4, -0.2) is 17.6 Å². The third-order valence-electron chi connectivity index (χ3n) is 3.23. The van der Waals surface area contributed by atoms with Gasteiger partial charge in [0, 0.05) is 5.41 Å². The van der Waals surface area contributed by atoms with E-state index in [1.54, 1.807) is 13.0 Å². The molecule has 0 saturated heterocycles. The van der Waals surface area contributed by atoms with Crippen molar-refractivity contribution in [3.63, 3.8) is 0 Å². The van der Waals surface area contributed by atoms with Crippen LogP contribution in [0.4, 0.5) is 13.2 Å². The number of alkyl halides is 3. The van der Waals surface area contributed by atoms with Gasteiger partial charge in [0.25, 0.3) is 0 Å². The molecule has 94 valence electrons. The fourth-order valence-electron chi connectivity index (χ4n) is 2.09. The molecule has 1 atom stereocenters. The van der Waals surface area contributed by atoms with Gasteiger partial charge >= 0.3 is 6.36 Å². The predicted octanol–water partition coefficient (Wildman–Crippen LogP) is 3.00. The average Bonchev–Trinajstić information content (AvgIpc) is 2.95. The topological polar surface area (TPSA) is 29.5 Å². The van der Waals surface area contributed by atoms with E-state index in [2.05, 4.69) is 4.74 Å². The fraction of sp³-hybridized carbons (Fsp3) is 0.500. The molecule has 2 rings (SSSR count). The molecule has 5 heteroatoms. The molecule has 1 saturated carbocycles. The lowest BCUT2D eigenvalue weighted by molar-refractivity contribution is -0.274. The molecule has 0 radical (unpaired) electrons. The molecule has 0 aliphatic heterocycles. The number of halogens is 3. The maximum Gasteiger partial charge on any atom is 0.573 e. The molecule has 1 aliphatic rings. The van der Waals surface area contributed by atoms with Crippen molar-refractivity contribution >= 4 is 0 Å². The highest BCUT2D eigenvalue weighted by Crippen LogP contribution is 2.51. The standard InChI is InChI=1S/C12H13F3O2/c1-8(16)11(5-6-11)9-3-2-4-10(7-9)17-12(13,14)15/h2-4,7-8,16H,5-6H2,1H3. The van der Waals surface area contributed by atoms with Gasteiger partial charge < -0.3 is 9.84 Å². The number of aliphatic hydroxyl groups excluding tert-OH is 1. The Balaban J connectivity index is 2.24. The number of ether oxygens (including phenoxy) is 1. The maximum absolute atomic E-state index is 12.1. The molecule has 1 aromatic rings. The third-order valence-corrected chi connectivity index (χ3v) is 3.23. The average molecular weight is 246 g/mol. The van der Waals surface area contributed by atoms with Gasteiger partial charge in [0.2, 0.25) is 0 Å². The van der Waals surface area contributed by atoms with Crippen molar-refractivity contribution < 1.29 is 23.0 Å². The van der Waals surface area contributed by atoms with Crippen LogP contribution in [0.3, 0.4) is 0 Å². The first kappa shape index (κ1) is 12.2. The second-order valence-corrected chi connectivity index (χ2v) is 4.41. The van der Waals surface area contributed by atoms with Gasteiger partial charge in [-0.2, -0.15) is 0 Å². The van der Waals surface area contributed by atoms with E-state index in [0.717, 1.165) is 12.8 Å². The van der Waals surface area contributed by atoms with Crippen LogP contribution in [0.2, 0.25) is 0 Å². The van der Waals surface area contributed by atoms with Crippen molar-refractivity contribution in [2.45, 2.75) is 37.6 Å². The smallest absolute Gasteiger partial charge is 0.406 e. The van der Waals surface area contributed by atoms with Crippen LogP contribution in [0, 0.1) is 0 Å². The summed E-state index contributed by atoms with van der Waals surface area (Å²) in [6.07, 6.45) is -3.66. The van der Waals surface area contributed by atoms with Crippen molar-refractivity contribution in [3.8, 4) is 5.75 Å². The van der Waals surface area contributed by atoms with E-state index in [4.69, 9.17) is 0 Å². The summed E-state index contributed by atoms with van der Waals surface area (Å²) in [6, 6.07) is 5.85. The quantitative estimate of drug-likeness (QED) is 0.888. The monoisotopic (exact) mass is 246 g/mol. The molecule has 2 nitrogen and oxygen atoms in total. The zero-order valence-corrected chi connectivity index (χ0v) is 9.29. The minimum absolute atomic E-state index is 0.234. The highest BCUT2D eigenvalue weighted by Gasteiger charge is 2.48. The maximum atomic E-state index is 12.1. The normalized spacial score (nSPS) is 19.8. The van der Waals surface area contributed by atoms with Crippen LogP contribution in [0.15, 0.2) is 24.3 Å². The SMILES string of the molecule is CC(O)C1(c2cccc(OC(F)(F)F)c2)CC1. The first-order valence-electron chi connectivity index (χ1n) is 5.38. The van der Waals surface area contributed by atoms with Gasteiger partial charge in [-0.05, 0) is 37.5 Å². The lowest BCUT2D eigenvalue weighted by atomic mass is 9.91. The van der Waals surface area contributed by atoms with Gasteiger partial charge in [0.15, 0.2) is 0 Å². The molecule has 0 aromatic heterocycles. The third kappa shape index (κ3) is 2.54. The number of rotatable bonds is 3. The van der Waals surface area contributed by atoms with Gasteiger partial charge in [0.05, 0.1) is 6.10 Å². The molecule has 17 heavy (non-hydrogen) atoms. The minimum atomic E-state index is -4.68. The summed E-state index contributed by atoms with van der Waals surface area (Å²) >= 11 is 0. The molecule has 0 bridgehead atoms. The summed E-state index contributed by atoms with van der Waals surface area (Å²) in [6.45, 7) is 1.66. The highest BCUT2D eigenvalue weighted by atomic mass is 19.4. The Hall–Kier alpha value is -1.23. The fourth-order valence-corrected chi connectivity index (χ4v) is 2.09. The van der Waals surface area contributed by atoms with Crippen molar-refractivity contribution in [1.82, 2.24) is 0 Å². The molecule has 1 N–H and O–H groups in total. The Morgan fingerprint density at radius 1 is 1.35 bits per heavy atom. The summed E-state index contributed by atoms with van der Waals surface area (Å²) in [4.78, 5) is 0. The van der Waals surface area contributed by atoms with Crippen LogP contribution in [0.5, 0.6) is 5.75 Å². The molecule has 0 spiro atoms. The van der Waals surface area contributed by atoms with E-state index in [0.29, 0.717) is 5.56 Å². The van der Waals surface area contributed by atoms with Crippen LogP contribution >= 0.6 is 0 Å². The zero-order chi connectivity index (χ0) is 12.7. The summed E-state index contributed by atoms with van der Waals surface area (Å²) in [5.74, 6) is -0.234. The second kappa shape index (κ2) is 3.91. The molecular formula is C12H13F3O2. The van der Waals surface area contributed by atoms with E-state index in [1.165, 1.54) is 18.2 Å². The summed E-state index contributed by atoms with van der Waals surface area (Å²) in [5.41, 5.74) is 0.319.